The van der Waals surface area contributed by atoms with Gasteiger partial charge in [0.1, 0.15) is 4.90 Å². The van der Waals surface area contributed by atoms with Gasteiger partial charge < -0.3 is 4.42 Å². The number of benzene rings is 2. The number of thioether (sulfide) groups is 1. The van der Waals surface area contributed by atoms with Gasteiger partial charge in [0.05, 0.1) is 15.5 Å². The standard InChI is InChI=1S/C21H15Cl2N3O4S3/c1-12-24-25-21(30-12)15-9-19(33(28,29)26-20(27)17-3-2-8-31-17)18(10-16(15)23)32-11-13-4-6-14(22)7-5-13/h2-10H,11H2,1H3,(H,26,27). The van der Waals surface area contributed by atoms with E-state index in [1.165, 1.54) is 23.9 Å². The number of aromatic nitrogens is 2. The van der Waals surface area contributed by atoms with E-state index in [0.717, 1.165) is 16.9 Å². The maximum atomic E-state index is 13.2. The maximum absolute atomic E-state index is 13.2. The maximum Gasteiger partial charge on any atom is 0.275 e. The molecule has 0 aliphatic heterocycles. The second-order valence-corrected chi connectivity index (χ2v) is 11.2. The predicted octanol–water partition coefficient (Wildman–Crippen LogP) is 5.82. The summed E-state index contributed by atoms with van der Waals surface area (Å²) in [5.41, 5.74) is 1.18. The van der Waals surface area contributed by atoms with Gasteiger partial charge in [0, 0.05) is 22.6 Å². The molecule has 0 spiro atoms. The Morgan fingerprint density at radius 3 is 2.55 bits per heavy atom. The lowest BCUT2D eigenvalue weighted by molar-refractivity contribution is 0.0985. The zero-order valence-corrected chi connectivity index (χ0v) is 20.9. The molecule has 0 fully saturated rings. The molecule has 0 aliphatic carbocycles. The first-order chi connectivity index (χ1) is 15.7. The van der Waals surface area contributed by atoms with Crippen LogP contribution in [-0.2, 0) is 15.8 Å². The largest absolute Gasteiger partial charge is 0.421 e. The Morgan fingerprint density at radius 2 is 1.91 bits per heavy atom. The van der Waals surface area contributed by atoms with E-state index in [-0.39, 0.29) is 26.2 Å². The monoisotopic (exact) mass is 539 g/mol. The summed E-state index contributed by atoms with van der Waals surface area (Å²) in [5.74, 6) is 0.114. The summed E-state index contributed by atoms with van der Waals surface area (Å²) in [4.78, 5) is 13.0. The van der Waals surface area contributed by atoms with E-state index in [1.807, 2.05) is 12.1 Å². The second-order valence-electron chi connectivity index (χ2n) is 6.73. The van der Waals surface area contributed by atoms with Gasteiger partial charge in [-0.3, -0.25) is 4.79 Å². The fourth-order valence-corrected chi connectivity index (χ4v) is 6.41. The summed E-state index contributed by atoms with van der Waals surface area (Å²) < 4.78 is 34.1. The Hall–Kier alpha value is -2.37. The molecule has 33 heavy (non-hydrogen) atoms. The SMILES string of the molecule is Cc1nnc(-c2cc(S(=O)(=O)NC(=O)c3cccs3)c(SCc3ccc(Cl)cc3)cc2Cl)o1. The normalized spacial score (nSPS) is 11.5. The zero-order chi connectivity index (χ0) is 23.6. The number of aryl methyl sites for hydroxylation is 1. The number of sulfonamides is 1. The average molecular weight is 540 g/mol. The van der Waals surface area contributed by atoms with Crippen LogP contribution in [0.3, 0.4) is 0 Å². The van der Waals surface area contributed by atoms with Crippen molar-refractivity contribution in [1.82, 2.24) is 14.9 Å². The van der Waals surface area contributed by atoms with Crippen LogP contribution >= 0.6 is 46.3 Å². The fourth-order valence-electron chi connectivity index (χ4n) is 2.80. The first kappa shape index (κ1) is 23.8. The Bertz CT molecular complexity index is 1400. The van der Waals surface area contributed by atoms with Crippen LogP contribution in [0.25, 0.3) is 11.5 Å². The number of hydrogen-bond acceptors (Lipinski definition) is 8. The third-order valence-electron chi connectivity index (χ3n) is 4.36. The van der Waals surface area contributed by atoms with Gasteiger partial charge in [0.2, 0.25) is 11.8 Å². The van der Waals surface area contributed by atoms with Gasteiger partial charge in [0.25, 0.3) is 15.9 Å². The first-order valence-corrected chi connectivity index (χ1v) is 13.5. The first-order valence-electron chi connectivity index (χ1n) is 9.35. The molecule has 1 N–H and O–H groups in total. The Balaban J connectivity index is 1.73. The molecule has 0 radical (unpaired) electrons. The van der Waals surface area contributed by atoms with E-state index in [4.69, 9.17) is 27.6 Å². The Morgan fingerprint density at radius 1 is 1.15 bits per heavy atom. The number of nitrogens with zero attached hydrogens (tertiary/aromatic N) is 2. The van der Waals surface area contributed by atoms with Crippen molar-refractivity contribution in [3.63, 3.8) is 0 Å². The van der Waals surface area contributed by atoms with Crippen molar-refractivity contribution >= 4 is 62.2 Å². The molecule has 2 heterocycles. The number of carbonyl (C=O) groups excluding carboxylic acids is 1. The molecule has 0 aliphatic rings. The van der Waals surface area contributed by atoms with Crippen LogP contribution in [0.15, 0.2) is 68.1 Å². The van der Waals surface area contributed by atoms with Crippen LogP contribution in [-0.4, -0.2) is 24.5 Å². The summed E-state index contributed by atoms with van der Waals surface area (Å²) in [6, 6.07) is 13.3. The number of carbonyl (C=O) groups is 1. The van der Waals surface area contributed by atoms with E-state index < -0.39 is 15.9 Å². The quantitative estimate of drug-likeness (QED) is 0.295. The third kappa shape index (κ3) is 5.59. The smallest absolute Gasteiger partial charge is 0.275 e. The highest BCUT2D eigenvalue weighted by Crippen LogP contribution is 2.38. The highest BCUT2D eigenvalue weighted by molar-refractivity contribution is 7.99. The second kappa shape index (κ2) is 9.86. The molecule has 7 nitrogen and oxygen atoms in total. The number of nitrogens with one attached hydrogen (secondary N) is 1. The highest BCUT2D eigenvalue weighted by atomic mass is 35.5. The fraction of sp³-hybridized carbons (Fsp3) is 0.0952. The predicted molar refractivity (Wildman–Crippen MR) is 129 cm³/mol. The van der Waals surface area contributed by atoms with Crippen molar-refractivity contribution in [2.75, 3.05) is 0 Å². The molecular formula is C21H15Cl2N3O4S3. The van der Waals surface area contributed by atoms with Crippen LogP contribution < -0.4 is 4.72 Å². The van der Waals surface area contributed by atoms with E-state index in [1.54, 1.807) is 36.6 Å². The lowest BCUT2D eigenvalue weighted by Gasteiger charge is -2.13. The van der Waals surface area contributed by atoms with Gasteiger partial charge in [-0.05, 0) is 41.3 Å². The molecule has 4 aromatic rings. The molecule has 0 saturated carbocycles. The Kier molecular flexibility index (Phi) is 7.10. The summed E-state index contributed by atoms with van der Waals surface area (Å²) >= 11 is 14.8. The molecule has 170 valence electrons. The number of hydrogen-bond donors (Lipinski definition) is 1. The lowest BCUT2D eigenvalue weighted by Crippen LogP contribution is -2.30. The minimum atomic E-state index is -4.25. The minimum absolute atomic E-state index is 0.0767. The van der Waals surface area contributed by atoms with Gasteiger partial charge in [-0.2, -0.15) is 0 Å². The van der Waals surface area contributed by atoms with Gasteiger partial charge in [-0.25, -0.2) is 13.1 Å². The van der Waals surface area contributed by atoms with Crippen LogP contribution in [0.2, 0.25) is 10.0 Å². The number of amides is 1. The van der Waals surface area contributed by atoms with E-state index >= 15 is 0 Å². The van der Waals surface area contributed by atoms with Crippen LogP contribution in [0, 0.1) is 6.92 Å². The van der Waals surface area contributed by atoms with Crippen molar-refractivity contribution in [1.29, 1.82) is 0 Å². The van der Waals surface area contributed by atoms with Gasteiger partial charge in [-0.1, -0.05) is 41.4 Å². The molecule has 2 aromatic heterocycles. The number of rotatable bonds is 7. The van der Waals surface area contributed by atoms with E-state index in [9.17, 15) is 13.2 Å². The lowest BCUT2D eigenvalue weighted by atomic mass is 10.2. The van der Waals surface area contributed by atoms with Crippen molar-refractivity contribution < 1.29 is 17.6 Å². The summed E-state index contributed by atoms with van der Waals surface area (Å²) in [6.07, 6.45) is 0. The average Bonchev–Trinajstić information content (AvgIpc) is 3.45. The van der Waals surface area contributed by atoms with E-state index in [0.29, 0.717) is 21.6 Å². The summed E-state index contributed by atoms with van der Waals surface area (Å²) in [7, 11) is -4.25. The minimum Gasteiger partial charge on any atom is -0.421 e. The topological polar surface area (TPSA) is 102 Å². The molecule has 0 saturated heterocycles. The van der Waals surface area contributed by atoms with Crippen LogP contribution in [0.4, 0.5) is 0 Å². The van der Waals surface area contributed by atoms with Gasteiger partial charge in [0.15, 0.2) is 0 Å². The summed E-state index contributed by atoms with van der Waals surface area (Å²) in [6.45, 7) is 1.61. The number of halogens is 2. The van der Waals surface area contributed by atoms with Crippen molar-refractivity contribution in [2.24, 2.45) is 0 Å². The van der Waals surface area contributed by atoms with Crippen LogP contribution in [0.1, 0.15) is 21.1 Å². The molecule has 4 rings (SSSR count). The van der Waals surface area contributed by atoms with Gasteiger partial charge in [-0.15, -0.1) is 33.3 Å². The van der Waals surface area contributed by atoms with E-state index in [2.05, 4.69) is 14.9 Å². The molecule has 0 atom stereocenters. The Labute approximate surface area is 208 Å². The molecular weight excluding hydrogens is 525 g/mol. The van der Waals surface area contributed by atoms with Gasteiger partial charge >= 0.3 is 0 Å². The molecule has 1 amide bonds. The highest BCUT2D eigenvalue weighted by Gasteiger charge is 2.26. The summed E-state index contributed by atoms with van der Waals surface area (Å²) in [5, 5.41) is 10.2. The van der Waals surface area contributed by atoms with Crippen molar-refractivity contribution in [3.05, 3.63) is 80.3 Å². The van der Waals surface area contributed by atoms with Crippen molar-refractivity contribution in [2.45, 2.75) is 22.5 Å². The van der Waals surface area contributed by atoms with Crippen LogP contribution in [0.5, 0.6) is 0 Å². The molecule has 0 unspecified atom stereocenters. The molecule has 12 heteroatoms. The third-order valence-corrected chi connectivity index (χ3v) is 8.42. The zero-order valence-electron chi connectivity index (χ0n) is 16.9. The molecule has 0 bridgehead atoms. The molecule has 2 aromatic carbocycles. The number of thiophene rings is 1. The van der Waals surface area contributed by atoms with Crippen molar-refractivity contribution in [3.8, 4) is 11.5 Å².